The number of benzene rings is 1. The lowest BCUT2D eigenvalue weighted by atomic mass is 10.1. The van der Waals surface area contributed by atoms with Crippen LogP contribution in [0.25, 0.3) is 0 Å². The van der Waals surface area contributed by atoms with Crippen molar-refractivity contribution in [3.05, 3.63) is 35.9 Å². The van der Waals surface area contributed by atoms with Crippen molar-refractivity contribution in [1.29, 1.82) is 0 Å². The number of rotatable bonds is 3. The van der Waals surface area contributed by atoms with Gasteiger partial charge in [0.2, 0.25) is 0 Å². The third kappa shape index (κ3) is 2.09. The van der Waals surface area contributed by atoms with E-state index in [2.05, 4.69) is 12.1 Å². The Hall–Kier alpha value is -1.31. The molecule has 0 atom stereocenters. The van der Waals surface area contributed by atoms with Crippen molar-refractivity contribution in [1.82, 2.24) is 0 Å². The summed E-state index contributed by atoms with van der Waals surface area (Å²) in [6.07, 6.45) is 0.887. The molecule has 0 aliphatic carbocycles. The summed E-state index contributed by atoms with van der Waals surface area (Å²) in [5.74, 6) is 0. The highest BCUT2D eigenvalue weighted by Crippen LogP contribution is 2.03. The van der Waals surface area contributed by atoms with E-state index in [9.17, 15) is 0 Å². The average Bonchev–Trinajstić information content (AvgIpc) is 2.15. The highest BCUT2D eigenvalue weighted by molar-refractivity contribution is 5.99. The van der Waals surface area contributed by atoms with Crippen LogP contribution < -0.4 is 0 Å². The zero-order chi connectivity index (χ0) is 8.81. The normalized spacial score (nSPS) is 11.3. The molecule has 0 saturated carbocycles. The molecular formula is C10H13NO. The standard InChI is InChI=1S/C10H13NO/c1-3-10(11-12-2)9-7-5-4-6-8-9/h4-8H,3H2,1-2H3/b11-10-. The molecule has 64 valence electrons. The predicted molar refractivity (Wildman–Crippen MR) is 50.3 cm³/mol. The van der Waals surface area contributed by atoms with Gasteiger partial charge in [-0.25, -0.2) is 0 Å². The van der Waals surface area contributed by atoms with Gasteiger partial charge < -0.3 is 4.84 Å². The molecule has 0 radical (unpaired) electrons. The van der Waals surface area contributed by atoms with Crippen LogP contribution in [-0.4, -0.2) is 12.8 Å². The molecule has 1 aromatic carbocycles. The molecule has 0 spiro atoms. The zero-order valence-corrected chi connectivity index (χ0v) is 7.45. The lowest BCUT2D eigenvalue weighted by Gasteiger charge is -2.01. The molecular weight excluding hydrogens is 150 g/mol. The van der Waals surface area contributed by atoms with Gasteiger partial charge >= 0.3 is 0 Å². The van der Waals surface area contributed by atoms with E-state index in [0.717, 1.165) is 17.7 Å². The third-order valence-corrected chi connectivity index (χ3v) is 1.64. The summed E-state index contributed by atoms with van der Waals surface area (Å²) in [6.45, 7) is 2.06. The summed E-state index contributed by atoms with van der Waals surface area (Å²) < 4.78 is 0. The summed E-state index contributed by atoms with van der Waals surface area (Å²) in [5, 5.41) is 3.93. The van der Waals surface area contributed by atoms with Crippen molar-refractivity contribution < 1.29 is 4.84 Å². The molecule has 0 aliphatic rings. The molecule has 0 unspecified atom stereocenters. The second-order valence-corrected chi connectivity index (χ2v) is 2.44. The fourth-order valence-corrected chi connectivity index (χ4v) is 1.06. The molecule has 1 aromatic rings. The highest BCUT2D eigenvalue weighted by Gasteiger charge is 1.98. The molecule has 2 nitrogen and oxygen atoms in total. The molecule has 0 aromatic heterocycles. The first-order valence-corrected chi connectivity index (χ1v) is 4.04. The second kappa shape index (κ2) is 4.54. The van der Waals surface area contributed by atoms with Crippen molar-refractivity contribution in [2.24, 2.45) is 5.16 Å². The van der Waals surface area contributed by atoms with Crippen molar-refractivity contribution in [2.45, 2.75) is 13.3 Å². The lowest BCUT2D eigenvalue weighted by molar-refractivity contribution is 0.213. The Kier molecular flexibility index (Phi) is 3.33. The van der Waals surface area contributed by atoms with E-state index in [1.807, 2.05) is 30.3 Å². The van der Waals surface area contributed by atoms with Crippen molar-refractivity contribution in [3.8, 4) is 0 Å². The average molecular weight is 163 g/mol. The summed E-state index contributed by atoms with van der Waals surface area (Å²) in [5.41, 5.74) is 2.11. The van der Waals surface area contributed by atoms with Gasteiger partial charge in [0, 0.05) is 0 Å². The maximum absolute atomic E-state index is 4.74. The number of oxime groups is 1. The van der Waals surface area contributed by atoms with E-state index in [-0.39, 0.29) is 0 Å². The summed E-state index contributed by atoms with van der Waals surface area (Å²) in [6, 6.07) is 10.0. The summed E-state index contributed by atoms with van der Waals surface area (Å²) in [7, 11) is 1.57. The molecule has 0 saturated heterocycles. The van der Waals surface area contributed by atoms with Gasteiger partial charge in [0.15, 0.2) is 0 Å². The third-order valence-electron chi connectivity index (χ3n) is 1.64. The molecule has 0 amide bonds. The van der Waals surface area contributed by atoms with Gasteiger partial charge in [-0.3, -0.25) is 0 Å². The van der Waals surface area contributed by atoms with E-state index >= 15 is 0 Å². The zero-order valence-electron chi connectivity index (χ0n) is 7.45. The minimum atomic E-state index is 0.887. The minimum Gasteiger partial charge on any atom is -0.399 e. The van der Waals surface area contributed by atoms with E-state index in [1.54, 1.807) is 7.11 Å². The first-order chi connectivity index (χ1) is 5.88. The fraction of sp³-hybridized carbons (Fsp3) is 0.300. The highest BCUT2D eigenvalue weighted by atomic mass is 16.6. The van der Waals surface area contributed by atoms with Gasteiger partial charge in [-0.05, 0) is 12.0 Å². The largest absolute Gasteiger partial charge is 0.399 e. The fourth-order valence-electron chi connectivity index (χ4n) is 1.06. The number of hydrogen-bond donors (Lipinski definition) is 0. The second-order valence-electron chi connectivity index (χ2n) is 2.44. The van der Waals surface area contributed by atoms with Crippen LogP contribution in [0.5, 0.6) is 0 Å². The van der Waals surface area contributed by atoms with E-state index in [4.69, 9.17) is 4.84 Å². The first-order valence-electron chi connectivity index (χ1n) is 4.04. The van der Waals surface area contributed by atoms with Gasteiger partial charge in [-0.2, -0.15) is 0 Å². The van der Waals surface area contributed by atoms with Crippen molar-refractivity contribution in [3.63, 3.8) is 0 Å². The van der Waals surface area contributed by atoms with Gasteiger partial charge in [-0.15, -0.1) is 0 Å². The molecule has 1 rings (SSSR count). The number of hydrogen-bond acceptors (Lipinski definition) is 2. The Morgan fingerprint density at radius 3 is 2.50 bits per heavy atom. The van der Waals surface area contributed by atoms with E-state index < -0.39 is 0 Å². The molecule has 12 heavy (non-hydrogen) atoms. The van der Waals surface area contributed by atoms with Crippen molar-refractivity contribution in [2.75, 3.05) is 7.11 Å². The van der Waals surface area contributed by atoms with Crippen LogP contribution in [0, 0.1) is 0 Å². The minimum absolute atomic E-state index is 0.887. The van der Waals surface area contributed by atoms with Gasteiger partial charge in [0.1, 0.15) is 7.11 Å². The molecule has 0 N–H and O–H groups in total. The van der Waals surface area contributed by atoms with Gasteiger partial charge in [0.25, 0.3) is 0 Å². The van der Waals surface area contributed by atoms with Crippen LogP contribution in [0.2, 0.25) is 0 Å². The lowest BCUT2D eigenvalue weighted by Crippen LogP contribution is -1.98. The summed E-state index contributed by atoms with van der Waals surface area (Å²) in [4.78, 5) is 4.74. The monoisotopic (exact) mass is 163 g/mol. The topological polar surface area (TPSA) is 21.6 Å². The Morgan fingerprint density at radius 2 is 2.00 bits per heavy atom. The predicted octanol–water partition coefficient (Wildman–Crippen LogP) is 2.45. The number of nitrogens with zero attached hydrogens (tertiary/aromatic N) is 1. The van der Waals surface area contributed by atoms with E-state index in [0.29, 0.717) is 0 Å². The SMILES string of the molecule is CC/C(=N/OC)c1ccccc1. The van der Waals surface area contributed by atoms with Gasteiger partial charge in [0.05, 0.1) is 5.71 Å². The van der Waals surface area contributed by atoms with Crippen LogP contribution in [0.15, 0.2) is 35.5 Å². The Labute approximate surface area is 72.9 Å². The van der Waals surface area contributed by atoms with Crippen molar-refractivity contribution >= 4 is 5.71 Å². The van der Waals surface area contributed by atoms with Crippen LogP contribution in [0.4, 0.5) is 0 Å². The van der Waals surface area contributed by atoms with Crippen LogP contribution in [-0.2, 0) is 4.84 Å². The first kappa shape index (κ1) is 8.78. The summed E-state index contributed by atoms with van der Waals surface area (Å²) >= 11 is 0. The molecule has 0 fully saturated rings. The van der Waals surface area contributed by atoms with Crippen LogP contribution >= 0.6 is 0 Å². The molecule has 2 heteroatoms. The maximum atomic E-state index is 4.74. The van der Waals surface area contributed by atoms with Gasteiger partial charge in [-0.1, -0.05) is 42.4 Å². The van der Waals surface area contributed by atoms with E-state index in [1.165, 1.54) is 0 Å². The van der Waals surface area contributed by atoms with Crippen LogP contribution in [0.3, 0.4) is 0 Å². The van der Waals surface area contributed by atoms with Crippen LogP contribution in [0.1, 0.15) is 18.9 Å². The Morgan fingerprint density at radius 1 is 1.33 bits per heavy atom. The Balaban J connectivity index is 2.88. The Bertz CT molecular complexity index is 254. The molecule has 0 heterocycles. The maximum Gasteiger partial charge on any atom is 0.106 e. The quantitative estimate of drug-likeness (QED) is 0.495. The molecule has 0 aliphatic heterocycles. The molecule has 0 bridgehead atoms. The smallest absolute Gasteiger partial charge is 0.106 e.